The highest BCUT2D eigenvalue weighted by atomic mass is 32.1. The molecule has 3 aliphatic rings. The largest absolute Gasteiger partial charge is 0.490 e. The number of fused-ring (bicyclic) bond motifs is 3. The summed E-state index contributed by atoms with van der Waals surface area (Å²) in [5, 5.41) is 4.13. The first-order valence-electron chi connectivity index (χ1n) is 13.1. The van der Waals surface area contributed by atoms with Gasteiger partial charge >= 0.3 is 0 Å². The second-order valence-corrected chi connectivity index (χ2v) is 11.2. The van der Waals surface area contributed by atoms with Crippen molar-refractivity contribution in [3.8, 4) is 5.75 Å². The van der Waals surface area contributed by atoms with Crippen LogP contribution in [0.5, 0.6) is 5.75 Å². The number of aromatic nitrogens is 3. The molecule has 0 bridgehead atoms. The Bertz CT molecular complexity index is 1340. The number of morpholine rings is 1. The van der Waals surface area contributed by atoms with Crippen molar-refractivity contribution >= 4 is 39.2 Å². The molecule has 1 amide bonds. The molecule has 10 nitrogen and oxygen atoms in total. The van der Waals surface area contributed by atoms with Crippen molar-refractivity contribution in [2.24, 2.45) is 5.73 Å². The van der Waals surface area contributed by atoms with Crippen molar-refractivity contribution in [3.05, 3.63) is 39.1 Å². The Balaban J connectivity index is 1.29. The lowest BCUT2D eigenvalue weighted by Gasteiger charge is -2.38. The van der Waals surface area contributed by atoms with Crippen molar-refractivity contribution in [1.82, 2.24) is 19.9 Å². The lowest BCUT2D eigenvalue weighted by molar-refractivity contribution is -0.118. The Morgan fingerprint density at radius 1 is 1.24 bits per heavy atom. The number of rotatable bonds is 7. The highest BCUT2D eigenvalue weighted by Crippen LogP contribution is 2.49. The van der Waals surface area contributed by atoms with Gasteiger partial charge in [0.15, 0.2) is 0 Å². The van der Waals surface area contributed by atoms with Gasteiger partial charge in [0.1, 0.15) is 16.4 Å². The maximum atomic E-state index is 11.8. The van der Waals surface area contributed by atoms with Crippen LogP contribution < -0.4 is 21.3 Å². The molecule has 1 saturated heterocycles. The van der Waals surface area contributed by atoms with Crippen molar-refractivity contribution in [2.75, 3.05) is 31.6 Å². The van der Waals surface area contributed by atoms with Crippen LogP contribution in [0.3, 0.4) is 0 Å². The zero-order valence-corrected chi connectivity index (χ0v) is 21.5. The Morgan fingerprint density at radius 3 is 2.81 bits per heavy atom. The molecule has 0 unspecified atom stereocenters. The number of hydrogen-bond donors (Lipinski definition) is 3. The third-order valence-electron chi connectivity index (χ3n) is 7.73. The van der Waals surface area contributed by atoms with E-state index in [9.17, 15) is 9.59 Å². The van der Waals surface area contributed by atoms with Crippen molar-refractivity contribution in [3.63, 3.8) is 0 Å². The summed E-state index contributed by atoms with van der Waals surface area (Å²) in [4.78, 5) is 39.9. The van der Waals surface area contributed by atoms with Crippen LogP contribution in [0.1, 0.15) is 54.9 Å². The Kier molecular flexibility index (Phi) is 6.83. The van der Waals surface area contributed by atoms with Gasteiger partial charge in [-0.15, -0.1) is 11.3 Å². The van der Waals surface area contributed by atoms with Crippen LogP contribution in [0.2, 0.25) is 0 Å². The highest BCUT2D eigenvalue weighted by molar-refractivity contribution is 7.19. The van der Waals surface area contributed by atoms with E-state index in [4.69, 9.17) is 20.2 Å². The lowest BCUT2D eigenvalue weighted by atomic mass is 9.91. The van der Waals surface area contributed by atoms with Crippen LogP contribution in [0.15, 0.2) is 23.1 Å². The molecule has 11 heteroatoms. The van der Waals surface area contributed by atoms with Crippen LogP contribution in [-0.4, -0.2) is 64.2 Å². The molecule has 1 saturated carbocycles. The summed E-state index contributed by atoms with van der Waals surface area (Å²) in [6.07, 6.45) is 7.90. The monoisotopic (exact) mass is 524 g/mol. The first kappa shape index (κ1) is 24.3. The number of anilines is 2. The van der Waals surface area contributed by atoms with Gasteiger partial charge in [-0.1, -0.05) is 0 Å². The van der Waals surface area contributed by atoms with Gasteiger partial charge in [-0.2, -0.15) is 0 Å². The van der Waals surface area contributed by atoms with Crippen LogP contribution in [-0.2, 0) is 16.0 Å². The van der Waals surface area contributed by atoms with E-state index in [0.717, 1.165) is 80.8 Å². The molecule has 37 heavy (non-hydrogen) atoms. The van der Waals surface area contributed by atoms with E-state index in [1.165, 1.54) is 22.7 Å². The van der Waals surface area contributed by atoms with Crippen LogP contribution in [0.25, 0.3) is 10.2 Å². The number of thiophene rings is 1. The minimum atomic E-state index is -0.286. The van der Waals surface area contributed by atoms with Gasteiger partial charge < -0.3 is 20.5 Å². The quantitative estimate of drug-likeness (QED) is 0.429. The summed E-state index contributed by atoms with van der Waals surface area (Å²) in [7, 11) is 0. The number of H-pyrrole nitrogens is 1. The molecule has 0 spiro atoms. The van der Waals surface area contributed by atoms with E-state index in [1.54, 1.807) is 11.3 Å². The van der Waals surface area contributed by atoms with Gasteiger partial charge in [0.25, 0.3) is 5.56 Å². The second-order valence-electron chi connectivity index (χ2n) is 10.1. The van der Waals surface area contributed by atoms with E-state index < -0.39 is 0 Å². The lowest BCUT2D eigenvalue weighted by Crippen LogP contribution is -2.46. The fourth-order valence-electron chi connectivity index (χ4n) is 6.01. The van der Waals surface area contributed by atoms with E-state index in [2.05, 4.69) is 20.2 Å². The number of carbonyl (C=O) groups excluding carboxylic acids is 1. The predicted molar refractivity (Wildman–Crippen MR) is 142 cm³/mol. The molecular formula is C26H32N6O4S. The predicted octanol–water partition coefficient (Wildman–Crippen LogP) is 3.05. The molecule has 1 aliphatic heterocycles. The highest BCUT2D eigenvalue weighted by Gasteiger charge is 2.33. The van der Waals surface area contributed by atoms with Gasteiger partial charge in [-0.05, 0) is 50.0 Å². The van der Waals surface area contributed by atoms with Gasteiger partial charge in [0.05, 0.1) is 24.7 Å². The molecule has 1 atom stereocenters. The van der Waals surface area contributed by atoms with E-state index in [0.29, 0.717) is 24.2 Å². The molecule has 0 aromatic carbocycles. The minimum absolute atomic E-state index is 0.0911. The molecule has 3 aromatic heterocycles. The molecule has 3 aromatic rings. The Hall–Kier alpha value is -3.02. The first-order chi connectivity index (χ1) is 18.0. The second kappa shape index (κ2) is 10.4. The molecule has 4 heterocycles. The van der Waals surface area contributed by atoms with Crippen molar-refractivity contribution < 1.29 is 14.3 Å². The number of primary amides is 1. The average Bonchev–Trinajstić information content (AvgIpc) is 3.44. The number of hydrogen-bond acceptors (Lipinski definition) is 9. The maximum absolute atomic E-state index is 11.8. The average molecular weight is 525 g/mol. The normalized spacial score (nSPS) is 24.2. The van der Waals surface area contributed by atoms with Crippen LogP contribution >= 0.6 is 11.3 Å². The van der Waals surface area contributed by atoms with Gasteiger partial charge in [0, 0.05) is 48.8 Å². The summed E-state index contributed by atoms with van der Waals surface area (Å²) in [6.45, 7) is 3.65. The standard InChI is InChI=1S/C26H32N6O4S/c27-20(33)13-15-1-6-19-23(15)24-18(36-17-4-2-16(3-5-17)32-9-11-35-12-10-32)14-21(29-25(24)37-19)30-26-28-8-7-22(34)31-26/h7-8,14-17H,1-6,9-13H2,(H2,27,33)(H2,28,29,30,31,34)/t15-,16?,17?/m1/s1. The number of amides is 1. The molecule has 196 valence electrons. The zero-order valence-electron chi connectivity index (χ0n) is 20.7. The number of nitrogens with zero attached hydrogens (tertiary/aromatic N) is 3. The number of nitrogens with one attached hydrogen (secondary N) is 2. The Labute approximate surface area is 218 Å². The number of aryl methyl sites for hydroxylation is 1. The Morgan fingerprint density at radius 2 is 2.05 bits per heavy atom. The molecule has 2 aliphatic carbocycles. The van der Waals surface area contributed by atoms with Gasteiger partial charge in [0.2, 0.25) is 11.9 Å². The molecule has 4 N–H and O–H groups in total. The minimum Gasteiger partial charge on any atom is -0.490 e. The van der Waals surface area contributed by atoms with E-state index >= 15 is 0 Å². The maximum Gasteiger partial charge on any atom is 0.252 e. The smallest absolute Gasteiger partial charge is 0.252 e. The van der Waals surface area contributed by atoms with Crippen LogP contribution in [0, 0.1) is 0 Å². The van der Waals surface area contributed by atoms with Gasteiger partial charge in [-0.25, -0.2) is 9.97 Å². The number of carbonyl (C=O) groups is 1. The molecular weight excluding hydrogens is 492 g/mol. The summed E-state index contributed by atoms with van der Waals surface area (Å²) in [6, 6.07) is 3.85. The number of nitrogens with two attached hydrogens (primary N) is 1. The fraction of sp³-hybridized carbons (Fsp3) is 0.538. The summed E-state index contributed by atoms with van der Waals surface area (Å²) >= 11 is 1.65. The molecule has 2 fully saturated rings. The van der Waals surface area contributed by atoms with Crippen molar-refractivity contribution in [2.45, 2.75) is 63.0 Å². The molecule has 0 radical (unpaired) electrons. The first-order valence-corrected chi connectivity index (χ1v) is 13.9. The summed E-state index contributed by atoms with van der Waals surface area (Å²) < 4.78 is 12.2. The fourth-order valence-corrected chi connectivity index (χ4v) is 7.30. The van der Waals surface area contributed by atoms with E-state index in [-0.39, 0.29) is 23.5 Å². The number of aromatic amines is 1. The third-order valence-corrected chi connectivity index (χ3v) is 8.89. The SMILES string of the molecule is NC(=O)C[C@H]1CCc2sc3nc(Nc4nccc(=O)[nH]4)cc(OC4CCC(N5CCOCC5)CC4)c3c21. The van der Waals surface area contributed by atoms with Crippen molar-refractivity contribution in [1.29, 1.82) is 0 Å². The topological polar surface area (TPSA) is 135 Å². The van der Waals surface area contributed by atoms with Crippen LogP contribution in [0.4, 0.5) is 11.8 Å². The number of ether oxygens (including phenoxy) is 2. The molecule has 6 rings (SSSR count). The third kappa shape index (κ3) is 5.21. The number of pyridine rings is 1. The summed E-state index contributed by atoms with van der Waals surface area (Å²) in [5.74, 6) is 1.46. The summed E-state index contributed by atoms with van der Waals surface area (Å²) in [5.41, 5.74) is 6.51. The van der Waals surface area contributed by atoms with Gasteiger partial charge in [-0.3, -0.25) is 19.5 Å². The van der Waals surface area contributed by atoms with E-state index in [1.807, 2.05) is 6.07 Å². The zero-order chi connectivity index (χ0) is 25.4.